The van der Waals surface area contributed by atoms with Crippen molar-refractivity contribution in [3.8, 4) is 0 Å². The Morgan fingerprint density at radius 3 is 2.47 bits per heavy atom. The molecule has 0 radical (unpaired) electrons. The van der Waals surface area contributed by atoms with E-state index < -0.39 is 0 Å². The van der Waals surface area contributed by atoms with E-state index in [2.05, 4.69) is 0 Å². The molecule has 0 aromatic rings. The Labute approximate surface area is 103 Å². The van der Waals surface area contributed by atoms with E-state index in [0.29, 0.717) is 5.92 Å². The second kappa shape index (κ2) is 7.41. The third-order valence-corrected chi connectivity index (χ3v) is 3.96. The van der Waals surface area contributed by atoms with E-state index in [1.165, 1.54) is 6.42 Å². The smallest absolute Gasteiger partial charge is 0.207 e. The molecule has 0 amide bonds. The molecule has 4 nitrogen and oxygen atoms in total. The molecule has 0 aromatic heterocycles. The maximum Gasteiger partial charge on any atom is 0.207 e. The first-order valence-electron chi connectivity index (χ1n) is 6.76. The molecule has 17 heavy (non-hydrogen) atoms. The molecule has 0 aromatic carbocycles. The molecule has 1 aliphatic carbocycles. The largest absolute Gasteiger partial charge is 0.303 e. The van der Waals surface area contributed by atoms with Gasteiger partial charge in [0, 0.05) is 16.8 Å². The van der Waals surface area contributed by atoms with Crippen LogP contribution in [-0.4, -0.2) is 17.8 Å². The molecule has 0 unspecified atom stereocenters. The lowest BCUT2D eigenvalue weighted by atomic mass is 9.73. The number of aldehydes is 1. The summed E-state index contributed by atoms with van der Waals surface area (Å²) in [7, 11) is 0. The molecular formula is C13H23NO3. The van der Waals surface area contributed by atoms with Crippen LogP contribution in [0.1, 0.15) is 51.9 Å². The summed E-state index contributed by atoms with van der Waals surface area (Å²) in [5, 5.41) is 10.8. The molecule has 0 spiro atoms. The number of hydrogen-bond acceptors (Lipinski definition) is 3. The van der Waals surface area contributed by atoms with Gasteiger partial charge in [-0.3, -0.25) is 10.1 Å². The third-order valence-electron chi connectivity index (χ3n) is 3.96. The SMILES string of the molecule is CCC[C@@H](C=O)[C@H](C[N+](=O)[O-])C1CCCCC1. The minimum Gasteiger partial charge on any atom is -0.303 e. The van der Waals surface area contributed by atoms with Crippen molar-refractivity contribution in [2.45, 2.75) is 51.9 Å². The van der Waals surface area contributed by atoms with Crippen LogP contribution in [0.2, 0.25) is 0 Å². The summed E-state index contributed by atoms with van der Waals surface area (Å²) in [5.41, 5.74) is 0. The number of carbonyl (C=O) groups excluding carboxylic acids is 1. The molecule has 0 N–H and O–H groups in total. The van der Waals surface area contributed by atoms with Gasteiger partial charge < -0.3 is 4.79 Å². The molecule has 1 rings (SSSR count). The lowest BCUT2D eigenvalue weighted by Crippen LogP contribution is -2.32. The Bertz CT molecular complexity index is 249. The quantitative estimate of drug-likeness (QED) is 0.391. The Hall–Kier alpha value is -0.930. The van der Waals surface area contributed by atoms with E-state index >= 15 is 0 Å². The van der Waals surface area contributed by atoms with Gasteiger partial charge in [0.15, 0.2) is 0 Å². The van der Waals surface area contributed by atoms with Crippen LogP contribution in [0, 0.1) is 27.9 Å². The van der Waals surface area contributed by atoms with Crippen molar-refractivity contribution < 1.29 is 9.72 Å². The van der Waals surface area contributed by atoms with Gasteiger partial charge in [0.2, 0.25) is 6.54 Å². The summed E-state index contributed by atoms with van der Waals surface area (Å²) in [4.78, 5) is 21.7. The molecular weight excluding hydrogens is 218 g/mol. The van der Waals surface area contributed by atoms with Gasteiger partial charge in [-0.2, -0.15) is 0 Å². The fraction of sp³-hybridized carbons (Fsp3) is 0.923. The van der Waals surface area contributed by atoms with Gasteiger partial charge in [-0.05, 0) is 25.2 Å². The normalized spacial score (nSPS) is 20.8. The average molecular weight is 241 g/mol. The summed E-state index contributed by atoms with van der Waals surface area (Å²) >= 11 is 0. The molecule has 1 fully saturated rings. The zero-order valence-corrected chi connectivity index (χ0v) is 10.6. The van der Waals surface area contributed by atoms with E-state index in [4.69, 9.17) is 0 Å². The fourth-order valence-corrected chi connectivity index (χ4v) is 3.08. The van der Waals surface area contributed by atoms with Crippen LogP contribution >= 0.6 is 0 Å². The number of nitrogens with zero attached hydrogens (tertiary/aromatic N) is 1. The van der Waals surface area contributed by atoms with Crippen LogP contribution in [0.25, 0.3) is 0 Å². The maximum absolute atomic E-state index is 11.1. The molecule has 98 valence electrons. The number of nitro groups is 1. The summed E-state index contributed by atoms with van der Waals surface area (Å²) in [6, 6.07) is 0. The molecule has 0 aliphatic heterocycles. The van der Waals surface area contributed by atoms with Gasteiger partial charge in [0.1, 0.15) is 6.29 Å². The van der Waals surface area contributed by atoms with E-state index in [1.807, 2.05) is 6.92 Å². The van der Waals surface area contributed by atoms with E-state index in [1.54, 1.807) is 0 Å². The Morgan fingerprint density at radius 1 is 1.35 bits per heavy atom. The summed E-state index contributed by atoms with van der Waals surface area (Å²) < 4.78 is 0. The van der Waals surface area contributed by atoms with Crippen molar-refractivity contribution in [2.75, 3.05) is 6.54 Å². The highest BCUT2D eigenvalue weighted by Crippen LogP contribution is 2.35. The first-order valence-corrected chi connectivity index (χ1v) is 6.76. The van der Waals surface area contributed by atoms with Gasteiger partial charge in [-0.1, -0.05) is 32.6 Å². The predicted molar refractivity (Wildman–Crippen MR) is 66.4 cm³/mol. The molecule has 0 heterocycles. The van der Waals surface area contributed by atoms with Crippen molar-refractivity contribution >= 4 is 6.29 Å². The lowest BCUT2D eigenvalue weighted by Gasteiger charge is -2.31. The van der Waals surface area contributed by atoms with Crippen LogP contribution < -0.4 is 0 Å². The van der Waals surface area contributed by atoms with Gasteiger partial charge in [0.05, 0.1) is 0 Å². The second-order valence-corrected chi connectivity index (χ2v) is 5.17. The van der Waals surface area contributed by atoms with Crippen molar-refractivity contribution in [2.24, 2.45) is 17.8 Å². The van der Waals surface area contributed by atoms with Gasteiger partial charge in [-0.25, -0.2) is 0 Å². The maximum atomic E-state index is 11.1. The molecule has 1 saturated carbocycles. The summed E-state index contributed by atoms with van der Waals surface area (Å²) in [6.07, 6.45) is 8.35. The fourth-order valence-electron chi connectivity index (χ4n) is 3.08. The van der Waals surface area contributed by atoms with Gasteiger partial charge >= 0.3 is 0 Å². The molecule has 0 bridgehead atoms. The van der Waals surface area contributed by atoms with Crippen LogP contribution in [0.3, 0.4) is 0 Å². The van der Waals surface area contributed by atoms with Crippen LogP contribution in [0.5, 0.6) is 0 Å². The Morgan fingerprint density at radius 2 is 2.00 bits per heavy atom. The number of carbonyl (C=O) groups is 1. The van der Waals surface area contributed by atoms with Gasteiger partial charge in [-0.15, -0.1) is 0 Å². The molecule has 4 heteroatoms. The molecule has 1 aliphatic rings. The third kappa shape index (κ3) is 4.44. The monoisotopic (exact) mass is 241 g/mol. The average Bonchev–Trinajstić information content (AvgIpc) is 2.34. The summed E-state index contributed by atoms with van der Waals surface area (Å²) in [6.45, 7) is 1.99. The van der Waals surface area contributed by atoms with Crippen molar-refractivity contribution in [3.63, 3.8) is 0 Å². The minimum atomic E-state index is -0.245. The molecule has 2 atom stereocenters. The first-order chi connectivity index (χ1) is 8.19. The Balaban J connectivity index is 2.68. The van der Waals surface area contributed by atoms with Crippen LogP contribution in [0.15, 0.2) is 0 Å². The highest BCUT2D eigenvalue weighted by molar-refractivity contribution is 5.54. The first kappa shape index (κ1) is 14.1. The minimum absolute atomic E-state index is 0.0337. The van der Waals surface area contributed by atoms with Crippen LogP contribution in [-0.2, 0) is 4.79 Å². The lowest BCUT2D eigenvalue weighted by molar-refractivity contribution is -0.491. The van der Waals surface area contributed by atoms with E-state index in [0.717, 1.165) is 44.8 Å². The van der Waals surface area contributed by atoms with Crippen molar-refractivity contribution in [1.82, 2.24) is 0 Å². The zero-order valence-electron chi connectivity index (χ0n) is 10.6. The van der Waals surface area contributed by atoms with E-state index in [9.17, 15) is 14.9 Å². The van der Waals surface area contributed by atoms with Gasteiger partial charge in [0.25, 0.3) is 0 Å². The highest BCUT2D eigenvalue weighted by Gasteiger charge is 2.33. The number of rotatable bonds is 7. The Kier molecular flexibility index (Phi) is 6.16. The van der Waals surface area contributed by atoms with Crippen LogP contribution in [0.4, 0.5) is 0 Å². The molecule has 0 saturated heterocycles. The highest BCUT2D eigenvalue weighted by atomic mass is 16.6. The second-order valence-electron chi connectivity index (χ2n) is 5.17. The topological polar surface area (TPSA) is 60.2 Å². The predicted octanol–water partition coefficient (Wildman–Crippen LogP) is 3.07. The van der Waals surface area contributed by atoms with Crippen molar-refractivity contribution in [3.05, 3.63) is 10.1 Å². The summed E-state index contributed by atoms with van der Waals surface area (Å²) in [5.74, 6) is 0.229. The standard InChI is InChI=1S/C13H23NO3/c1-2-6-12(10-15)13(9-14(16)17)11-7-4-3-5-8-11/h10-13H,2-9H2,1H3/t12-,13+/m0/s1. The van der Waals surface area contributed by atoms with E-state index in [-0.39, 0.29) is 23.3 Å². The zero-order chi connectivity index (χ0) is 12.7. The van der Waals surface area contributed by atoms with Crippen molar-refractivity contribution in [1.29, 1.82) is 0 Å². The number of hydrogen-bond donors (Lipinski definition) is 0.